The van der Waals surface area contributed by atoms with E-state index in [0.29, 0.717) is 53.4 Å². The smallest absolute Gasteiger partial charge is 0.294 e. The van der Waals surface area contributed by atoms with Crippen LogP contribution in [-0.4, -0.2) is 51.7 Å². The fourth-order valence-electron chi connectivity index (χ4n) is 3.87. The fourth-order valence-corrected chi connectivity index (χ4v) is 4.03. The standard InChI is InChI=1S/C21H20ClN5O4/c1-24-21(29)16-5-3-2-4-15(16)17(23-24)13-20(28)26-10-8-25(9-11-26)18-7-6-14(22)12-19(18)27(30)31/h2-7,12H,8-11,13H2,1H3. The molecular weight excluding hydrogens is 422 g/mol. The molecule has 3 aromatic rings. The van der Waals surface area contributed by atoms with Crippen LogP contribution in [-0.2, 0) is 18.3 Å². The average Bonchev–Trinajstić information content (AvgIpc) is 2.77. The molecule has 2 aromatic carbocycles. The Morgan fingerprint density at radius 1 is 1.13 bits per heavy atom. The second-order valence-corrected chi connectivity index (χ2v) is 7.79. The Morgan fingerprint density at radius 2 is 1.81 bits per heavy atom. The number of halogens is 1. The van der Waals surface area contributed by atoms with Gasteiger partial charge in [0.05, 0.1) is 22.4 Å². The molecule has 1 aliphatic rings. The van der Waals surface area contributed by atoms with Gasteiger partial charge in [0.1, 0.15) is 5.69 Å². The minimum atomic E-state index is -0.449. The zero-order chi connectivity index (χ0) is 22.1. The third-order valence-corrected chi connectivity index (χ3v) is 5.69. The van der Waals surface area contributed by atoms with E-state index in [1.54, 1.807) is 42.3 Å². The highest BCUT2D eigenvalue weighted by atomic mass is 35.5. The molecule has 0 radical (unpaired) electrons. The number of nitro groups is 1. The molecule has 9 nitrogen and oxygen atoms in total. The molecule has 0 spiro atoms. The molecular formula is C21H20ClN5O4. The molecule has 1 amide bonds. The van der Waals surface area contributed by atoms with Gasteiger partial charge in [-0.2, -0.15) is 5.10 Å². The van der Waals surface area contributed by atoms with Crippen molar-refractivity contribution >= 4 is 39.7 Å². The molecule has 1 fully saturated rings. The molecule has 31 heavy (non-hydrogen) atoms. The van der Waals surface area contributed by atoms with Gasteiger partial charge in [-0.25, -0.2) is 4.68 Å². The molecule has 0 aliphatic carbocycles. The summed E-state index contributed by atoms with van der Waals surface area (Å²) in [7, 11) is 1.57. The number of nitrogens with zero attached hydrogens (tertiary/aromatic N) is 5. The van der Waals surface area contributed by atoms with Gasteiger partial charge in [-0.3, -0.25) is 19.7 Å². The largest absolute Gasteiger partial charge is 0.362 e. The number of aryl methyl sites for hydroxylation is 1. The van der Waals surface area contributed by atoms with Crippen molar-refractivity contribution in [3.63, 3.8) is 0 Å². The number of rotatable bonds is 4. The Kier molecular flexibility index (Phi) is 5.60. The number of amides is 1. The van der Waals surface area contributed by atoms with Crippen LogP contribution in [0.1, 0.15) is 5.69 Å². The predicted octanol–water partition coefficient (Wildman–Crippen LogP) is 2.39. The summed E-state index contributed by atoms with van der Waals surface area (Å²) < 4.78 is 1.25. The van der Waals surface area contributed by atoms with Gasteiger partial charge in [0, 0.05) is 49.7 Å². The van der Waals surface area contributed by atoms with Gasteiger partial charge in [-0.1, -0.05) is 29.8 Å². The first kappa shape index (κ1) is 20.8. The lowest BCUT2D eigenvalue weighted by Crippen LogP contribution is -2.49. The zero-order valence-electron chi connectivity index (χ0n) is 16.8. The summed E-state index contributed by atoms with van der Waals surface area (Å²) in [6, 6.07) is 11.7. The van der Waals surface area contributed by atoms with E-state index in [1.165, 1.54) is 10.7 Å². The summed E-state index contributed by atoms with van der Waals surface area (Å²) in [5.74, 6) is -0.0958. The third-order valence-electron chi connectivity index (χ3n) is 5.46. The molecule has 1 aliphatic heterocycles. The lowest BCUT2D eigenvalue weighted by molar-refractivity contribution is -0.384. The first-order valence-electron chi connectivity index (χ1n) is 9.77. The molecule has 0 unspecified atom stereocenters. The molecule has 0 bridgehead atoms. The highest BCUT2D eigenvalue weighted by Crippen LogP contribution is 2.31. The van der Waals surface area contributed by atoms with E-state index in [4.69, 9.17) is 11.6 Å². The van der Waals surface area contributed by atoms with E-state index >= 15 is 0 Å². The van der Waals surface area contributed by atoms with Crippen LogP contribution in [0.5, 0.6) is 0 Å². The molecule has 0 atom stereocenters. The number of fused-ring (bicyclic) bond motifs is 1. The molecule has 0 N–H and O–H groups in total. The van der Waals surface area contributed by atoms with Crippen molar-refractivity contribution in [2.45, 2.75) is 6.42 Å². The molecule has 4 rings (SSSR count). The van der Waals surface area contributed by atoms with E-state index in [2.05, 4.69) is 5.10 Å². The van der Waals surface area contributed by atoms with Crippen molar-refractivity contribution in [2.24, 2.45) is 7.05 Å². The summed E-state index contributed by atoms with van der Waals surface area (Å²) in [4.78, 5) is 39.7. The Hall–Kier alpha value is -3.46. The van der Waals surface area contributed by atoms with E-state index in [1.807, 2.05) is 11.0 Å². The van der Waals surface area contributed by atoms with Gasteiger partial charge < -0.3 is 9.80 Å². The van der Waals surface area contributed by atoms with Crippen LogP contribution >= 0.6 is 11.6 Å². The fraction of sp³-hybridized carbons (Fsp3) is 0.286. The average molecular weight is 442 g/mol. The predicted molar refractivity (Wildman–Crippen MR) is 118 cm³/mol. The van der Waals surface area contributed by atoms with Crippen LogP contribution in [0.2, 0.25) is 5.02 Å². The number of aromatic nitrogens is 2. The SMILES string of the molecule is Cn1nc(CC(=O)N2CCN(c3ccc(Cl)cc3[N+](=O)[O-])CC2)c2ccccc2c1=O. The van der Waals surface area contributed by atoms with Crippen LogP contribution in [0, 0.1) is 10.1 Å². The monoisotopic (exact) mass is 441 g/mol. The molecule has 2 heterocycles. The van der Waals surface area contributed by atoms with Crippen molar-refractivity contribution in [1.82, 2.24) is 14.7 Å². The van der Waals surface area contributed by atoms with Gasteiger partial charge in [-0.15, -0.1) is 0 Å². The maximum atomic E-state index is 12.9. The van der Waals surface area contributed by atoms with E-state index in [0.717, 1.165) is 0 Å². The molecule has 0 saturated carbocycles. The summed E-state index contributed by atoms with van der Waals surface area (Å²) in [6.45, 7) is 1.80. The highest BCUT2D eigenvalue weighted by molar-refractivity contribution is 6.30. The number of piperazine rings is 1. The number of carbonyl (C=O) groups is 1. The minimum absolute atomic E-state index is 0.0480. The van der Waals surface area contributed by atoms with Crippen LogP contribution in [0.4, 0.5) is 11.4 Å². The maximum absolute atomic E-state index is 12.9. The second kappa shape index (κ2) is 8.35. The lowest BCUT2D eigenvalue weighted by atomic mass is 10.1. The first-order chi connectivity index (χ1) is 14.8. The maximum Gasteiger partial charge on any atom is 0.294 e. The van der Waals surface area contributed by atoms with Gasteiger partial charge in [0.2, 0.25) is 5.91 Å². The summed E-state index contributed by atoms with van der Waals surface area (Å²) in [5.41, 5.74) is 0.795. The van der Waals surface area contributed by atoms with Crippen molar-refractivity contribution in [2.75, 3.05) is 31.1 Å². The van der Waals surface area contributed by atoms with Gasteiger partial charge >= 0.3 is 0 Å². The van der Waals surface area contributed by atoms with Crippen LogP contribution in [0.15, 0.2) is 47.3 Å². The highest BCUT2D eigenvalue weighted by Gasteiger charge is 2.26. The number of hydrogen-bond donors (Lipinski definition) is 0. The molecule has 10 heteroatoms. The summed E-state index contributed by atoms with van der Waals surface area (Å²) in [6.07, 6.45) is 0.0791. The van der Waals surface area contributed by atoms with Gasteiger partial charge in [0.15, 0.2) is 0 Å². The van der Waals surface area contributed by atoms with Crippen molar-refractivity contribution in [1.29, 1.82) is 0 Å². The lowest BCUT2D eigenvalue weighted by Gasteiger charge is -2.35. The van der Waals surface area contributed by atoms with E-state index in [9.17, 15) is 19.7 Å². The topological polar surface area (TPSA) is 102 Å². The number of carbonyl (C=O) groups excluding carboxylic acids is 1. The van der Waals surface area contributed by atoms with E-state index < -0.39 is 4.92 Å². The van der Waals surface area contributed by atoms with Crippen molar-refractivity contribution < 1.29 is 9.72 Å². The van der Waals surface area contributed by atoms with Crippen LogP contribution in [0.3, 0.4) is 0 Å². The number of anilines is 1. The van der Waals surface area contributed by atoms with Crippen LogP contribution in [0.25, 0.3) is 10.8 Å². The zero-order valence-corrected chi connectivity index (χ0v) is 17.6. The van der Waals surface area contributed by atoms with Gasteiger partial charge in [0.25, 0.3) is 11.2 Å². The van der Waals surface area contributed by atoms with Crippen LogP contribution < -0.4 is 10.5 Å². The second-order valence-electron chi connectivity index (χ2n) is 7.36. The Bertz CT molecular complexity index is 1230. The summed E-state index contributed by atoms with van der Waals surface area (Å²) >= 11 is 5.90. The molecule has 1 aromatic heterocycles. The summed E-state index contributed by atoms with van der Waals surface area (Å²) in [5, 5.41) is 17.2. The quantitative estimate of drug-likeness (QED) is 0.455. The Morgan fingerprint density at radius 3 is 2.48 bits per heavy atom. The minimum Gasteiger partial charge on any atom is -0.362 e. The normalized spacial score (nSPS) is 14.1. The van der Waals surface area contributed by atoms with Crippen molar-refractivity contribution in [3.05, 3.63) is 73.6 Å². The molecule has 1 saturated heterocycles. The molecule has 160 valence electrons. The van der Waals surface area contributed by atoms with Gasteiger partial charge in [-0.05, 0) is 18.2 Å². The Balaban J connectivity index is 1.49. The first-order valence-corrected chi connectivity index (χ1v) is 10.1. The van der Waals surface area contributed by atoms with E-state index in [-0.39, 0.29) is 23.6 Å². The third kappa shape index (κ3) is 4.09. The van der Waals surface area contributed by atoms with Crippen molar-refractivity contribution in [3.8, 4) is 0 Å². The number of nitro benzene ring substituents is 1. The Labute approximate surface area is 182 Å². The number of hydrogen-bond acceptors (Lipinski definition) is 6. The number of benzene rings is 2.